The number of nitriles is 1. The maximum absolute atomic E-state index is 9.31. The number of nitrogens with one attached hydrogen (secondary N) is 1. The van der Waals surface area contributed by atoms with Gasteiger partial charge in [0.2, 0.25) is 0 Å². The minimum Gasteiger partial charge on any atom is -0.360 e. The molecule has 3 aromatic heterocycles. The molecule has 0 spiro atoms. The fourth-order valence-corrected chi connectivity index (χ4v) is 3.84. The second-order valence-corrected chi connectivity index (χ2v) is 7.14. The van der Waals surface area contributed by atoms with Crippen LogP contribution in [0.4, 0.5) is 5.69 Å². The van der Waals surface area contributed by atoms with E-state index in [1.807, 2.05) is 58.7 Å². The van der Waals surface area contributed by atoms with E-state index < -0.39 is 0 Å². The third kappa shape index (κ3) is 3.18. The summed E-state index contributed by atoms with van der Waals surface area (Å²) >= 11 is 3.08. The summed E-state index contributed by atoms with van der Waals surface area (Å²) in [4.78, 5) is 9.93. The highest BCUT2D eigenvalue weighted by Crippen LogP contribution is 2.24. The van der Waals surface area contributed by atoms with Gasteiger partial charge in [-0.1, -0.05) is 12.1 Å². The lowest BCUT2D eigenvalue weighted by Gasteiger charge is -2.03. The molecule has 0 radical (unpaired) electrons. The molecular weight excluding hydrogens is 350 g/mol. The summed E-state index contributed by atoms with van der Waals surface area (Å²) in [6, 6.07) is 10.2. The number of fused-ring (bicyclic) bond motifs is 1. The zero-order valence-corrected chi connectivity index (χ0v) is 14.9. The molecule has 0 aliphatic carbocycles. The van der Waals surface area contributed by atoms with Crippen molar-refractivity contribution in [3.8, 4) is 17.3 Å². The summed E-state index contributed by atoms with van der Waals surface area (Å²) in [6.45, 7) is 1.92. The SMILES string of the molecule is Cc1csc(/C(C#N)=C/Nc2ccc(-c3cn4ccsc4n3)cc2)n1. The van der Waals surface area contributed by atoms with Crippen LogP contribution in [0.15, 0.2) is 53.6 Å². The number of nitrogens with zero attached hydrogens (tertiary/aromatic N) is 4. The molecule has 0 aliphatic rings. The van der Waals surface area contributed by atoms with Crippen molar-refractivity contribution >= 4 is 38.9 Å². The molecule has 7 heteroatoms. The molecule has 0 saturated heterocycles. The molecule has 25 heavy (non-hydrogen) atoms. The molecule has 3 heterocycles. The Labute approximate surface area is 152 Å². The van der Waals surface area contributed by atoms with Crippen LogP contribution in [-0.4, -0.2) is 14.4 Å². The molecule has 0 saturated carbocycles. The molecular formula is C18H13N5S2. The number of rotatable bonds is 4. The molecule has 0 unspecified atom stereocenters. The number of hydrogen-bond donors (Lipinski definition) is 1. The first kappa shape index (κ1) is 15.6. The molecule has 4 aromatic rings. The summed E-state index contributed by atoms with van der Waals surface area (Å²) in [7, 11) is 0. The number of imidazole rings is 1. The third-order valence-corrected chi connectivity index (χ3v) is 5.39. The van der Waals surface area contributed by atoms with E-state index in [0.717, 1.165) is 32.6 Å². The molecule has 5 nitrogen and oxygen atoms in total. The van der Waals surface area contributed by atoms with Gasteiger partial charge in [-0.2, -0.15) is 5.26 Å². The Kier molecular flexibility index (Phi) is 4.06. The van der Waals surface area contributed by atoms with Crippen LogP contribution in [0.1, 0.15) is 10.7 Å². The zero-order valence-electron chi connectivity index (χ0n) is 13.3. The van der Waals surface area contributed by atoms with Gasteiger partial charge in [-0.3, -0.25) is 4.40 Å². The Balaban J connectivity index is 1.53. The maximum atomic E-state index is 9.31. The van der Waals surface area contributed by atoms with E-state index in [-0.39, 0.29) is 0 Å². The van der Waals surface area contributed by atoms with E-state index >= 15 is 0 Å². The van der Waals surface area contributed by atoms with Gasteiger partial charge in [-0.05, 0) is 19.1 Å². The molecule has 1 aromatic carbocycles. The first-order valence-corrected chi connectivity index (χ1v) is 9.31. The average molecular weight is 363 g/mol. The minimum atomic E-state index is 0.525. The first-order chi connectivity index (χ1) is 12.2. The topological polar surface area (TPSA) is 66.0 Å². The monoisotopic (exact) mass is 363 g/mol. The fourth-order valence-electron chi connectivity index (χ4n) is 2.38. The number of hydrogen-bond acceptors (Lipinski definition) is 6. The number of aromatic nitrogens is 3. The lowest BCUT2D eigenvalue weighted by molar-refractivity contribution is 1.23. The summed E-state index contributed by atoms with van der Waals surface area (Å²) < 4.78 is 2.02. The van der Waals surface area contributed by atoms with Crippen LogP contribution < -0.4 is 5.32 Å². The molecule has 1 N–H and O–H groups in total. The van der Waals surface area contributed by atoms with Crippen molar-refractivity contribution in [2.45, 2.75) is 6.92 Å². The van der Waals surface area contributed by atoms with Gasteiger partial charge >= 0.3 is 0 Å². The Hall–Kier alpha value is -2.95. The van der Waals surface area contributed by atoms with E-state index in [1.54, 1.807) is 17.5 Å². The van der Waals surface area contributed by atoms with Gasteiger partial charge in [0.25, 0.3) is 0 Å². The van der Waals surface area contributed by atoms with Crippen molar-refractivity contribution in [1.29, 1.82) is 5.26 Å². The van der Waals surface area contributed by atoms with E-state index in [4.69, 9.17) is 0 Å². The van der Waals surface area contributed by atoms with Gasteiger partial charge in [-0.15, -0.1) is 22.7 Å². The quantitative estimate of drug-likeness (QED) is 0.529. The zero-order chi connectivity index (χ0) is 17.2. The van der Waals surface area contributed by atoms with Crippen molar-refractivity contribution in [3.63, 3.8) is 0 Å². The van der Waals surface area contributed by atoms with Gasteiger partial charge < -0.3 is 5.32 Å². The van der Waals surface area contributed by atoms with Crippen molar-refractivity contribution in [3.05, 3.63) is 64.3 Å². The van der Waals surface area contributed by atoms with E-state index in [1.165, 1.54) is 11.3 Å². The number of benzene rings is 1. The van der Waals surface area contributed by atoms with Crippen molar-refractivity contribution in [2.24, 2.45) is 0 Å². The number of anilines is 1. The minimum absolute atomic E-state index is 0.525. The van der Waals surface area contributed by atoms with Crippen LogP contribution in [0.25, 0.3) is 21.8 Å². The standard InChI is InChI=1S/C18H13N5S2/c1-12-11-25-17(21-12)14(8-19)9-20-15-4-2-13(3-5-15)16-10-23-6-7-24-18(23)22-16/h2-7,9-11,20H,1H3/b14-9+. The second kappa shape index (κ2) is 6.51. The first-order valence-electron chi connectivity index (χ1n) is 7.55. The molecule has 0 aliphatic heterocycles. The highest BCUT2D eigenvalue weighted by molar-refractivity contribution is 7.15. The van der Waals surface area contributed by atoms with Crippen molar-refractivity contribution < 1.29 is 0 Å². The largest absolute Gasteiger partial charge is 0.360 e. The van der Waals surface area contributed by atoms with Crippen molar-refractivity contribution in [2.75, 3.05) is 5.32 Å². The molecule has 0 amide bonds. The van der Waals surface area contributed by atoms with Crippen LogP contribution in [-0.2, 0) is 0 Å². The predicted octanol–water partition coefficient (Wildman–Crippen LogP) is 4.80. The Bertz CT molecular complexity index is 1060. The van der Waals surface area contributed by atoms with Crippen LogP contribution >= 0.6 is 22.7 Å². The van der Waals surface area contributed by atoms with Crippen LogP contribution in [0.5, 0.6) is 0 Å². The predicted molar refractivity (Wildman–Crippen MR) is 103 cm³/mol. The third-order valence-electron chi connectivity index (χ3n) is 3.63. The second-order valence-electron chi connectivity index (χ2n) is 5.40. The van der Waals surface area contributed by atoms with Gasteiger partial charge in [0, 0.05) is 46.3 Å². The lowest BCUT2D eigenvalue weighted by Crippen LogP contribution is -1.91. The summed E-state index contributed by atoms with van der Waals surface area (Å²) in [5.41, 5.74) is 4.36. The van der Waals surface area contributed by atoms with E-state index in [9.17, 15) is 5.26 Å². The average Bonchev–Trinajstić information content (AvgIpc) is 3.32. The molecule has 4 rings (SSSR count). The smallest absolute Gasteiger partial charge is 0.194 e. The fraction of sp³-hybridized carbons (Fsp3) is 0.0556. The normalized spacial score (nSPS) is 11.6. The number of allylic oxidation sites excluding steroid dienone is 1. The maximum Gasteiger partial charge on any atom is 0.194 e. The lowest BCUT2D eigenvalue weighted by atomic mass is 10.1. The highest BCUT2D eigenvalue weighted by atomic mass is 32.1. The van der Waals surface area contributed by atoms with Crippen LogP contribution in [0.2, 0.25) is 0 Å². The Morgan fingerprint density at radius 1 is 1.24 bits per heavy atom. The van der Waals surface area contributed by atoms with Crippen molar-refractivity contribution in [1.82, 2.24) is 14.4 Å². The molecule has 0 bridgehead atoms. The number of aryl methyl sites for hydroxylation is 1. The summed E-state index contributed by atoms with van der Waals surface area (Å²) in [6.07, 6.45) is 5.72. The van der Waals surface area contributed by atoms with E-state index in [2.05, 4.69) is 21.4 Å². The highest BCUT2D eigenvalue weighted by Gasteiger charge is 2.06. The Morgan fingerprint density at radius 3 is 2.76 bits per heavy atom. The van der Waals surface area contributed by atoms with Crippen LogP contribution in [0, 0.1) is 18.3 Å². The molecule has 122 valence electrons. The number of thiazole rings is 2. The van der Waals surface area contributed by atoms with E-state index in [0.29, 0.717) is 5.57 Å². The summed E-state index contributed by atoms with van der Waals surface area (Å²) in [5, 5.41) is 17.1. The van der Waals surface area contributed by atoms with Crippen LogP contribution in [0.3, 0.4) is 0 Å². The molecule has 0 fully saturated rings. The van der Waals surface area contributed by atoms with Gasteiger partial charge in [0.1, 0.15) is 16.6 Å². The Morgan fingerprint density at radius 2 is 2.08 bits per heavy atom. The molecule has 0 atom stereocenters. The summed E-state index contributed by atoms with van der Waals surface area (Å²) in [5.74, 6) is 0. The van der Waals surface area contributed by atoms with Gasteiger partial charge in [0.05, 0.1) is 5.69 Å². The van der Waals surface area contributed by atoms with Gasteiger partial charge in [0.15, 0.2) is 4.96 Å². The van der Waals surface area contributed by atoms with Gasteiger partial charge in [-0.25, -0.2) is 9.97 Å².